The molecule has 0 fully saturated rings. The number of ketones is 1. The number of allylic oxidation sites excluding steroid dienone is 2. The fraction of sp³-hybridized carbons (Fsp3) is 0.317. The molecule has 1 radical (unpaired) electrons. The number of rotatable bonds is 2. The molecule has 0 amide bonds. The zero-order valence-electron chi connectivity index (χ0n) is 27.7. The first-order chi connectivity index (χ1) is 21.2. The number of hydrogen-bond donors (Lipinski definition) is 1. The van der Waals surface area contributed by atoms with E-state index >= 15 is 0 Å². The van der Waals surface area contributed by atoms with Crippen LogP contribution in [-0.2, 0) is 50.6 Å². The Labute approximate surface area is 285 Å². The van der Waals surface area contributed by atoms with E-state index in [1.54, 1.807) is 0 Å². The van der Waals surface area contributed by atoms with Crippen LogP contribution >= 0.6 is 0 Å². The molecule has 1 heterocycles. The van der Waals surface area contributed by atoms with Gasteiger partial charge in [-0.2, -0.15) is 0 Å². The van der Waals surface area contributed by atoms with Gasteiger partial charge >= 0.3 is 0 Å². The largest absolute Gasteiger partial charge is 0.512 e. The van der Waals surface area contributed by atoms with Gasteiger partial charge in [0, 0.05) is 48.6 Å². The second-order valence-electron chi connectivity index (χ2n) is 14.5. The number of aryl methyl sites for hydroxylation is 5. The van der Waals surface area contributed by atoms with Gasteiger partial charge in [0.1, 0.15) is 11.6 Å². The van der Waals surface area contributed by atoms with E-state index in [1.807, 2.05) is 85.0 Å². The van der Waals surface area contributed by atoms with E-state index in [-0.39, 0.29) is 42.9 Å². The summed E-state index contributed by atoms with van der Waals surface area (Å²) in [4.78, 5) is 16.3. The van der Waals surface area contributed by atoms with Crippen molar-refractivity contribution in [1.29, 1.82) is 0 Å². The smallest absolute Gasteiger partial charge is 0.164 e. The molecule has 0 aliphatic heterocycles. The second-order valence-corrected chi connectivity index (χ2v) is 14.5. The molecule has 46 heavy (non-hydrogen) atoms. The first-order valence-corrected chi connectivity index (χ1v) is 15.9. The van der Waals surface area contributed by atoms with Crippen LogP contribution in [0, 0.1) is 29.6 Å². The Balaban J connectivity index is 0.000000256. The van der Waals surface area contributed by atoms with E-state index in [9.17, 15) is 14.3 Å². The number of halogens is 1. The van der Waals surface area contributed by atoms with E-state index in [1.165, 1.54) is 39.5 Å². The third-order valence-electron chi connectivity index (χ3n) is 9.12. The maximum absolute atomic E-state index is 14.7. The number of aliphatic hydroxyl groups is 1. The third-order valence-corrected chi connectivity index (χ3v) is 9.12. The number of nitrogens with zero attached hydrogens (tertiary/aromatic N) is 1. The van der Waals surface area contributed by atoms with E-state index in [0.29, 0.717) is 10.9 Å². The summed E-state index contributed by atoms with van der Waals surface area (Å²) in [5.74, 6) is -0.0330. The molecule has 1 N–H and O–H groups in total. The Morgan fingerprint density at radius 2 is 1.41 bits per heavy atom. The molecule has 0 saturated heterocycles. The minimum Gasteiger partial charge on any atom is -0.512 e. The van der Waals surface area contributed by atoms with Gasteiger partial charge < -0.3 is 10.1 Å². The molecule has 5 aromatic rings. The zero-order chi connectivity index (χ0) is 32.3. The molecule has 2 aliphatic rings. The number of carbonyl (C=O) groups excluding carboxylic acids is 1. The molecular formula is C41H41FIrNO2-. The molecule has 1 aromatic heterocycles. The molecule has 0 atom stereocenters. The Morgan fingerprint density at radius 1 is 0.804 bits per heavy atom. The van der Waals surface area contributed by atoms with Crippen LogP contribution in [0.2, 0.25) is 0 Å². The number of aromatic nitrogens is 1. The molecule has 5 heteroatoms. The van der Waals surface area contributed by atoms with Crippen molar-refractivity contribution in [3.63, 3.8) is 0 Å². The summed E-state index contributed by atoms with van der Waals surface area (Å²) in [5.41, 5.74) is 10.5. The Kier molecular flexibility index (Phi) is 9.16. The molecule has 7 rings (SSSR count). The number of fused-ring (bicyclic) bond motifs is 3. The molecule has 4 aromatic carbocycles. The third kappa shape index (κ3) is 6.20. The molecule has 0 bridgehead atoms. The molecular weight excluding hydrogens is 750 g/mol. The molecule has 0 spiro atoms. The number of pyridine rings is 1. The van der Waals surface area contributed by atoms with Gasteiger partial charge in [-0.15, -0.1) is 28.8 Å². The average molecular weight is 791 g/mol. The van der Waals surface area contributed by atoms with Crippen molar-refractivity contribution in [2.24, 2.45) is 10.8 Å². The zero-order valence-corrected chi connectivity index (χ0v) is 30.1. The summed E-state index contributed by atoms with van der Waals surface area (Å²) in [6.45, 7) is 12.9. The molecule has 0 unspecified atom stereocenters. The van der Waals surface area contributed by atoms with Crippen molar-refractivity contribution in [2.45, 2.75) is 74.1 Å². The van der Waals surface area contributed by atoms with Gasteiger partial charge in [-0.1, -0.05) is 95.1 Å². The summed E-state index contributed by atoms with van der Waals surface area (Å²) in [6, 6.07) is 22.6. The number of hydrogen-bond acceptors (Lipinski definition) is 3. The van der Waals surface area contributed by atoms with Gasteiger partial charge in [0.15, 0.2) is 5.78 Å². The minimum atomic E-state index is -0.417. The summed E-state index contributed by atoms with van der Waals surface area (Å²) in [5, 5.41) is 13.3. The van der Waals surface area contributed by atoms with Crippen LogP contribution < -0.4 is 0 Å². The van der Waals surface area contributed by atoms with Gasteiger partial charge in [0.05, 0.1) is 0 Å². The Hall–Kier alpha value is -3.66. The van der Waals surface area contributed by atoms with E-state index in [0.717, 1.165) is 53.1 Å². The maximum Gasteiger partial charge on any atom is 0.164 e. The predicted octanol–water partition coefficient (Wildman–Crippen LogP) is 10.3. The maximum atomic E-state index is 14.7. The summed E-state index contributed by atoms with van der Waals surface area (Å²) in [6.07, 6.45) is 7.41. The van der Waals surface area contributed by atoms with Gasteiger partial charge in [0.25, 0.3) is 0 Å². The average Bonchev–Trinajstić information content (AvgIpc) is 3.00. The summed E-state index contributed by atoms with van der Waals surface area (Å²) in [7, 11) is 0. The van der Waals surface area contributed by atoms with E-state index in [2.05, 4.69) is 30.3 Å². The summed E-state index contributed by atoms with van der Waals surface area (Å²) < 4.78 is 14.7. The second kappa shape index (κ2) is 12.5. The normalized spacial score (nSPS) is 13.9. The Morgan fingerprint density at radius 3 is 2.09 bits per heavy atom. The van der Waals surface area contributed by atoms with Crippen molar-refractivity contribution in [2.75, 3.05) is 0 Å². The van der Waals surface area contributed by atoms with Crippen LogP contribution in [0.1, 0.15) is 69.4 Å². The first kappa shape index (κ1) is 33.7. The fourth-order valence-electron chi connectivity index (χ4n) is 6.36. The predicted molar refractivity (Wildman–Crippen MR) is 183 cm³/mol. The van der Waals surface area contributed by atoms with Crippen LogP contribution in [0.25, 0.3) is 43.9 Å². The SMILES string of the molecule is CC(C)(C)C(=O)/C=C(\O)C(C)(C)C.Cc1ccc2c(ccc3c(-c4[c-]c5c6c(c4)CCc4cccc(c4-6)CC5)nccc32)c1F.[Ir]. The minimum absolute atomic E-state index is 0. The fourth-order valence-corrected chi connectivity index (χ4v) is 6.36. The van der Waals surface area contributed by atoms with Crippen LogP contribution in [0.5, 0.6) is 0 Å². The monoisotopic (exact) mass is 791 g/mol. The van der Waals surface area contributed by atoms with Crippen LogP contribution in [0.15, 0.2) is 72.6 Å². The molecule has 2 aliphatic carbocycles. The number of carbonyl (C=O) groups is 1. The van der Waals surface area contributed by atoms with Crippen molar-refractivity contribution in [3.05, 3.63) is 112 Å². The van der Waals surface area contributed by atoms with Gasteiger partial charge in [-0.05, 0) is 77.2 Å². The number of benzene rings is 4. The molecule has 0 saturated carbocycles. The number of aliphatic hydroxyl groups excluding tert-OH is 1. The topological polar surface area (TPSA) is 50.2 Å². The van der Waals surface area contributed by atoms with Crippen molar-refractivity contribution < 1.29 is 34.4 Å². The standard InChI is InChI=1S/C30H21FN.C11H20O2.Ir/c1-17-5-10-23-24-13-14-32-30(26(24)12-11-25(23)29(17)31)22-15-20-8-6-18-3-2-4-19-7-9-21(16-22)28(20)27(18)19;1-10(2,3)8(12)7-9(13)11(4,5)6;/h2-5,10-15H,6-9H2,1H3;7,12H,1-6H3;/q-1;;/b;8-7-;. The molecule has 239 valence electrons. The van der Waals surface area contributed by atoms with Crippen LogP contribution in [-0.4, -0.2) is 15.9 Å². The van der Waals surface area contributed by atoms with Crippen molar-refractivity contribution in [3.8, 4) is 22.4 Å². The quantitative estimate of drug-likeness (QED) is 0.0839. The first-order valence-electron chi connectivity index (χ1n) is 15.9. The van der Waals surface area contributed by atoms with Gasteiger partial charge in [-0.25, -0.2) is 4.39 Å². The molecule has 3 nitrogen and oxygen atoms in total. The summed E-state index contributed by atoms with van der Waals surface area (Å²) >= 11 is 0. The van der Waals surface area contributed by atoms with Gasteiger partial charge in [-0.3, -0.25) is 4.79 Å². The van der Waals surface area contributed by atoms with Crippen molar-refractivity contribution >= 4 is 27.3 Å². The van der Waals surface area contributed by atoms with E-state index < -0.39 is 5.41 Å². The van der Waals surface area contributed by atoms with E-state index in [4.69, 9.17) is 4.98 Å². The van der Waals surface area contributed by atoms with Crippen LogP contribution in [0.4, 0.5) is 4.39 Å². The Bertz CT molecular complexity index is 1980. The van der Waals surface area contributed by atoms with Crippen LogP contribution in [0.3, 0.4) is 0 Å². The van der Waals surface area contributed by atoms with Crippen molar-refractivity contribution in [1.82, 2.24) is 4.98 Å². The van der Waals surface area contributed by atoms with Gasteiger partial charge in [0.2, 0.25) is 0 Å².